The van der Waals surface area contributed by atoms with Crippen LogP contribution in [0.2, 0.25) is 10.0 Å². The molecule has 3 rings (SSSR count). The van der Waals surface area contributed by atoms with E-state index in [1.807, 2.05) is 50.2 Å². The molecule has 0 aromatic heterocycles. The molecular weight excluding hydrogens is 557 g/mol. The fourth-order valence-electron chi connectivity index (χ4n) is 4.17. The topological polar surface area (TPSA) is 86.8 Å². The molecule has 0 saturated carbocycles. The Kier molecular flexibility index (Phi) is 10.8. The van der Waals surface area contributed by atoms with Crippen LogP contribution in [0, 0.1) is 6.92 Å². The molecule has 7 nitrogen and oxygen atoms in total. The number of benzene rings is 3. The van der Waals surface area contributed by atoms with Crippen molar-refractivity contribution in [3.63, 3.8) is 0 Å². The van der Waals surface area contributed by atoms with E-state index in [-0.39, 0.29) is 18.9 Å². The van der Waals surface area contributed by atoms with Crippen molar-refractivity contribution in [3.8, 4) is 0 Å². The van der Waals surface area contributed by atoms with Crippen molar-refractivity contribution in [1.82, 2.24) is 10.2 Å². The van der Waals surface area contributed by atoms with E-state index in [1.54, 1.807) is 36.4 Å². The second-order valence-corrected chi connectivity index (χ2v) is 12.0. The van der Waals surface area contributed by atoms with Gasteiger partial charge in [-0.15, -0.1) is 0 Å². The fraction of sp³-hybridized carbons (Fsp3) is 0.310. The average Bonchev–Trinajstić information content (AvgIpc) is 2.89. The van der Waals surface area contributed by atoms with Gasteiger partial charge >= 0.3 is 0 Å². The number of carbonyl (C=O) groups is 2. The number of nitrogens with zero attached hydrogens (tertiary/aromatic N) is 2. The van der Waals surface area contributed by atoms with Gasteiger partial charge in [0.2, 0.25) is 21.8 Å². The zero-order valence-corrected chi connectivity index (χ0v) is 24.6. The molecule has 39 heavy (non-hydrogen) atoms. The van der Waals surface area contributed by atoms with Crippen LogP contribution in [0.5, 0.6) is 0 Å². The van der Waals surface area contributed by atoms with E-state index in [1.165, 1.54) is 4.90 Å². The highest BCUT2D eigenvalue weighted by Gasteiger charge is 2.33. The molecular formula is C29H33Cl2N3O4S. The van der Waals surface area contributed by atoms with Gasteiger partial charge in [0, 0.05) is 35.1 Å². The van der Waals surface area contributed by atoms with Crippen LogP contribution in [0.25, 0.3) is 0 Å². The number of nitrogens with one attached hydrogen (secondary N) is 1. The molecule has 2 amide bonds. The minimum absolute atomic E-state index is 0.0835. The molecule has 0 heterocycles. The van der Waals surface area contributed by atoms with Gasteiger partial charge in [0.1, 0.15) is 12.6 Å². The number of anilines is 1. The van der Waals surface area contributed by atoms with Crippen molar-refractivity contribution in [1.29, 1.82) is 0 Å². The molecule has 0 spiro atoms. The van der Waals surface area contributed by atoms with Gasteiger partial charge in [-0.1, -0.05) is 78.7 Å². The lowest BCUT2D eigenvalue weighted by atomic mass is 10.0. The summed E-state index contributed by atoms with van der Waals surface area (Å²) in [6.07, 6.45) is 1.98. The SMILES string of the molecule is CCCNC(=O)C(Cc1ccccc1)N(Cc1c(Cl)cccc1Cl)C(=O)CN(c1cccc(C)c1)S(C)(=O)=O. The Morgan fingerprint density at radius 3 is 2.18 bits per heavy atom. The molecule has 1 N–H and O–H groups in total. The maximum absolute atomic E-state index is 14.0. The Hall–Kier alpha value is -3.07. The summed E-state index contributed by atoms with van der Waals surface area (Å²) in [6.45, 7) is 3.62. The summed E-state index contributed by atoms with van der Waals surface area (Å²) in [7, 11) is -3.84. The maximum atomic E-state index is 14.0. The van der Waals surface area contributed by atoms with Crippen molar-refractivity contribution in [3.05, 3.63) is 99.5 Å². The second kappa shape index (κ2) is 13.8. The number of hydrogen-bond acceptors (Lipinski definition) is 4. The van der Waals surface area contributed by atoms with E-state index < -0.39 is 28.5 Å². The van der Waals surface area contributed by atoms with Crippen molar-refractivity contribution in [2.45, 2.75) is 39.3 Å². The van der Waals surface area contributed by atoms with E-state index in [0.29, 0.717) is 34.3 Å². The zero-order chi connectivity index (χ0) is 28.6. The summed E-state index contributed by atoms with van der Waals surface area (Å²) in [6, 6.07) is 20.3. The van der Waals surface area contributed by atoms with Crippen molar-refractivity contribution >= 4 is 50.7 Å². The Balaban J connectivity index is 2.09. The molecule has 0 aliphatic heterocycles. The van der Waals surface area contributed by atoms with Gasteiger partial charge < -0.3 is 10.2 Å². The van der Waals surface area contributed by atoms with E-state index in [0.717, 1.165) is 21.7 Å². The Morgan fingerprint density at radius 1 is 0.949 bits per heavy atom. The van der Waals surface area contributed by atoms with Gasteiger partial charge in [0.25, 0.3) is 0 Å². The predicted octanol–water partition coefficient (Wildman–Crippen LogP) is 5.23. The molecule has 0 fully saturated rings. The highest BCUT2D eigenvalue weighted by atomic mass is 35.5. The summed E-state index contributed by atoms with van der Waals surface area (Å²) in [4.78, 5) is 28.9. The first kappa shape index (κ1) is 30.5. The standard InChI is InChI=1S/C29H33Cl2N3O4S/c1-4-16-32-29(36)27(18-22-11-6-5-7-12-22)33(19-24-25(30)14-9-15-26(24)31)28(35)20-34(39(3,37)38)23-13-8-10-21(2)17-23/h5-15,17,27H,4,16,18-20H2,1-3H3,(H,32,36). The molecule has 0 aliphatic rings. The van der Waals surface area contributed by atoms with E-state index in [9.17, 15) is 18.0 Å². The molecule has 0 saturated heterocycles. The molecule has 1 atom stereocenters. The lowest BCUT2D eigenvalue weighted by Crippen LogP contribution is -2.53. The predicted molar refractivity (Wildman–Crippen MR) is 158 cm³/mol. The van der Waals surface area contributed by atoms with Crippen LogP contribution < -0.4 is 9.62 Å². The summed E-state index contributed by atoms with van der Waals surface area (Å²) in [5.41, 5.74) is 2.51. The second-order valence-electron chi connectivity index (χ2n) is 9.33. The lowest BCUT2D eigenvalue weighted by Gasteiger charge is -2.34. The minimum Gasteiger partial charge on any atom is -0.354 e. The normalized spacial score (nSPS) is 12.0. The monoisotopic (exact) mass is 589 g/mol. The first-order valence-electron chi connectivity index (χ1n) is 12.6. The Labute approximate surface area is 240 Å². The molecule has 208 valence electrons. The van der Waals surface area contributed by atoms with Crippen LogP contribution in [-0.4, -0.2) is 50.5 Å². The highest BCUT2D eigenvalue weighted by Crippen LogP contribution is 2.28. The van der Waals surface area contributed by atoms with Crippen LogP contribution in [0.4, 0.5) is 5.69 Å². The molecule has 3 aromatic carbocycles. The molecule has 1 unspecified atom stereocenters. The number of halogens is 2. The maximum Gasteiger partial charge on any atom is 0.244 e. The third-order valence-electron chi connectivity index (χ3n) is 6.18. The van der Waals surface area contributed by atoms with Gasteiger partial charge in [0.15, 0.2) is 0 Å². The summed E-state index contributed by atoms with van der Waals surface area (Å²) < 4.78 is 26.7. The summed E-state index contributed by atoms with van der Waals surface area (Å²) >= 11 is 12.9. The first-order valence-corrected chi connectivity index (χ1v) is 15.2. The molecule has 10 heteroatoms. The van der Waals surface area contributed by atoms with Gasteiger partial charge in [-0.2, -0.15) is 0 Å². The molecule has 0 aliphatic carbocycles. The Bertz CT molecular complexity index is 1380. The van der Waals surface area contributed by atoms with Crippen LogP contribution in [0.3, 0.4) is 0 Å². The fourth-order valence-corrected chi connectivity index (χ4v) is 5.53. The quantitative estimate of drug-likeness (QED) is 0.313. The van der Waals surface area contributed by atoms with Crippen LogP contribution in [0.15, 0.2) is 72.8 Å². The lowest BCUT2D eigenvalue weighted by molar-refractivity contribution is -0.140. The van der Waals surface area contributed by atoms with Crippen LogP contribution in [0.1, 0.15) is 30.0 Å². The van der Waals surface area contributed by atoms with Crippen molar-refractivity contribution < 1.29 is 18.0 Å². The third kappa shape index (κ3) is 8.46. The third-order valence-corrected chi connectivity index (χ3v) is 8.03. The van der Waals surface area contributed by atoms with Gasteiger partial charge in [0.05, 0.1) is 11.9 Å². The summed E-state index contributed by atoms with van der Waals surface area (Å²) in [5.74, 6) is -0.913. The molecule has 3 aromatic rings. The van der Waals surface area contributed by atoms with E-state index in [2.05, 4.69) is 5.32 Å². The van der Waals surface area contributed by atoms with Crippen LogP contribution in [-0.2, 0) is 32.6 Å². The van der Waals surface area contributed by atoms with E-state index >= 15 is 0 Å². The van der Waals surface area contributed by atoms with Gasteiger partial charge in [-0.25, -0.2) is 8.42 Å². The first-order chi connectivity index (χ1) is 18.5. The smallest absolute Gasteiger partial charge is 0.244 e. The number of rotatable bonds is 12. The van der Waals surface area contributed by atoms with Gasteiger partial charge in [-0.3, -0.25) is 13.9 Å². The number of aryl methyl sites for hydroxylation is 1. The average molecular weight is 591 g/mol. The summed E-state index contributed by atoms with van der Waals surface area (Å²) in [5, 5.41) is 3.57. The Morgan fingerprint density at radius 2 is 1.59 bits per heavy atom. The zero-order valence-electron chi connectivity index (χ0n) is 22.2. The number of amides is 2. The van der Waals surface area contributed by atoms with Crippen molar-refractivity contribution in [2.75, 3.05) is 23.7 Å². The van der Waals surface area contributed by atoms with Crippen molar-refractivity contribution in [2.24, 2.45) is 0 Å². The van der Waals surface area contributed by atoms with Crippen LogP contribution >= 0.6 is 23.2 Å². The molecule has 0 radical (unpaired) electrons. The highest BCUT2D eigenvalue weighted by molar-refractivity contribution is 7.92. The van der Waals surface area contributed by atoms with Gasteiger partial charge in [-0.05, 0) is 48.7 Å². The number of carbonyl (C=O) groups excluding carboxylic acids is 2. The minimum atomic E-state index is -3.84. The number of hydrogen-bond donors (Lipinski definition) is 1. The number of sulfonamides is 1. The molecule has 0 bridgehead atoms. The largest absolute Gasteiger partial charge is 0.354 e. The van der Waals surface area contributed by atoms with E-state index in [4.69, 9.17) is 23.2 Å².